The number of carbonyl (C=O) groups excluding carboxylic acids is 1. The van der Waals surface area contributed by atoms with Crippen LogP contribution >= 0.6 is 11.3 Å². The third-order valence-corrected chi connectivity index (χ3v) is 5.71. The minimum absolute atomic E-state index is 0.00349. The van der Waals surface area contributed by atoms with Crippen LogP contribution in [0.1, 0.15) is 15.2 Å². The summed E-state index contributed by atoms with van der Waals surface area (Å²) in [7, 11) is 0. The molecule has 3 heterocycles. The van der Waals surface area contributed by atoms with Gasteiger partial charge in [-0.25, -0.2) is 4.98 Å². The number of hydrogen-bond acceptors (Lipinski definition) is 4. The van der Waals surface area contributed by atoms with Crippen molar-refractivity contribution in [1.82, 2.24) is 9.88 Å². The second kappa shape index (κ2) is 6.84. The van der Waals surface area contributed by atoms with Gasteiger partial charge in [-0.3, -0.25) is 4.79 Å². The first-order chi connectivity index (χ1) is 12.9. The molecule has 0 saturated carbocycles. The minimum Gasteiger partial charge on any atom is -0.353 e. The van der Waals surface area contributed by atoms with Crippen molar-refractivity contribution in [3.05, 3.63) is 59.1 Å². The molecule has 1 amide bonds. The predicted octanol–water partition coefficient (Wildman–Crippen LogP) is 4.28. The Labute approximate surface area is 157 Å². The summed E-state index contributed by atoms with van der Waals surface area (Å²) < 4.78 is 39.0. The summed E-state index contributed by atoms with van der Waals surface area (Å²) in [5.74, 6) is 0.494. The van der Waals surface area contributed by atoms with Crippen LogP contribution in [0.25, 0.3) is 10.1 Å². The van der Waals surface area contributed by atoms with Crippen LogP contribution in [-0.2, 0) is 6.18 Å². The van der Waals surface area contributed by atoms with Crippen LogP contribution in [0, 0.1) is 0 Å². The lowest BCUT2D eigenvalue weighted by atomic mass is 10.2. The Kier molecular flexibility index (Phi) is 4.51. The number of fused-ring (bicyclic) bond motifs is 1. The Bertz CT molecular complexity index is 927. The third-order valence-electron chi connectivity index (χ3n) is 4.60. The van der Waals surface area contributed by atoms with Crippen molar-refractivity contribution in [2.24, 2.45) is 0 Å². The molecule has 4 nitrogen and oxygen atoms in total. The predicted molar refractivity (Wildman–Crippen MR) is 99.2 cm³/mol. The lowest BCUT2D eigenvalue weighted by Crippen LogP contribution is -2.48. The highest BCUT2D eigenvalue weighted by Crippen LogP contribution is 2.30. The molecular weight excluding hydrogens is 375 g/mol. The molecule has 0 aliphatic carbocycles. The normalized spacial score (nSPS) is 15.4. The van der Waals surface area contributed by atoms with E-state index >= 15 is 0 Å². The number of amides is 1. The van der Waals surface area contributed by atoms with E-state index in [1.807, 2.05) is 35.2 Å². The molecule has 27 heavy (non-hydrogen) atoms. The molecule has 1 aromatic carbocycles. The van der Waals surface area contributed by atoms with Gasteiger partial charge in [0.2, 0.25) is 0 Å². The molecule has 8 heteroatoms. The maximum absolute atomic E-state index is 12.7. The van der Waals surface area contributed by atoms with E-state index in [2.05, 4.69) is 4.98 Å². The molecule has 0 radical (unpaired) electrons. The van der Waals surface area contributed by atoms with E-state index in [9.17, 15) is 18.0 Å². The van der Waals surface area contributed by atoms with E-state index in [1.165, 1.54) is 17.4 Å². The monoisotopic (exact) mass is 391 g/mol. The maximum Gasteiger partial charge on any atom is 0.417 e. The summed E-state index contributed by atoms with van der Waals surface area (Å²) >= 11 is 1.48. The number of benzene rings is 1. The molecule has 4 rings (SSSR count). The molecule has 0 spiro atoms. The van der Waals surface area contributed by atoms with E-state index in [-0.39, 0.29) is 5.91 Å². The number of pyridine rings is 1. The number of nitrogens with zero attached hydrogens (tertiary/aromatic N) is 3. The molecule has 1 aliphatic heterocycles. The fraction of sp³-hybridized carbons (Fsp3) is 0.263. The van der Waals surface area contributed by atoms with Crippen LogP contribution in [-0.4, -0.2) is 42.0 Å². The van der Waals surface area contributed by atoms with Crippen molar-refractivity contribution < 1.29 is 18.0 Å². The molecule has 0 unspecified atom stereocenters. The van der Waals surface area contributed by atoms with E-state index in [1.54, 1.807) is 4.90 Å². The largest absolute Gasteiger partial charge is 0.417 e. The number of aromatic nitrogens is 1. The highest BCUT2D eigenvalue weighted by molar-refractivity contribution is 7.20. The summed E-state index contributed by atoms with van der Waals surface area (Å²) in [4.78, 5) is 21.1. The first-order valence-corrected chi connectivity index (χ1v) is 9.29. The zero-order valence-corrected chi connectivity index (χ0v) is 15.1. The molecule has 1 saturated heterocycles. The number of alkyl halides is 3. The van der Waals surface area contributed by atoms with E-state index < -0.39 is 11.7 Å². The van der Waals surface area contributed by atoms with E-state index in [4.69, 9.17) is 0 Å². The van der Waals surface area contributed by atoms with Crippen molar-refractivity contribution in [1.29, 1.82) is 0 Å². The molecule has 1 aliphatic rings. The molecule has 0 bridgehead atoms. The second-order valence-electron chi connectivity index (χ2n) is 6.33. The van der Waals surface area contributed by atoms with Gasteiger partial charge in [0.15, 0.2) is 0 Å². The fourth-order valence-electron chi connectivity index (χ4n) is 3.12. The van der Waals surface area contributed by atoms with Gasteiger partial charge >= 0.3 is 6.18 Å². The van der Waals surface area contributed by atoms with Crippen LogP contribution in [0.5, 0.6) is 0 Å². The fourth-order valence-corrected chi connectivity index (χ4v) is 4.15. The molecule has 3 aromatic rings. The Balaban J connectivity index is 1.41. The number of hydrogen-bond donors (Lipinski definition) is 0. The average Bonchev–Trinajstić information content (AvgIpc) is 3.11. The van der Waals surface area contributed by atoms with Crippen molar-refractivity contribution >= 4 is 33.1 Å². The molecule has 2 aromatic heterocycles. The highest BCUT2D eigenvalue weighted by atomic mass is 32.1. The number of anilines is 1. The van der Waals surface area contributed by atoms with Crippen molar-refractivity contribution in [3.63, 3.8) is 0 Å². The summed E-state index contributed by atoms with van der Waals surface area (Å²) in [6.45, 7) is 2.09. The van der Waals surface area contributed by atoms with Crippen LogP contribution in [0.4, 0.5) is 19.0 Å². The molecule has 1 fully saturated rings. The highest BCUT2D eigenvalue weighted by Gasteiger charge is 2.31. The lowest BCUT2D eigenvalue weighted by molar-refractivity contribution is -0.137. The van der Waals surface area contributed by atoms with E-state index in [0.717, 1.165) is 22.3 Å². The zero-order valence-electron chi connectivity index (χ0n) is 14.2. The summed E-state index contributed by atoms with van der Waals surface area (Å²) in [6, 6.07) is 12.2. The topological polar surface area (TPSA) is 36.4 Å². The molecule has 0 N–H and O–H groups in total. The van der Waals surface area contributed by atoms with Gasteiger partial charge in [-0.15, -0.1) is 11.3 Å². The summed E-state index contributed by atoms with van der Waals surface area (Å²) in [5.41, 5.74) is -0.759. The maximum atomic E-state index is 12.7. The Morgan fingerprint density at radius 1 is 1.04 bits per heavy atom. The average molecular weight is 391 g/mol. The van der Waals surface area contributed by atoms with Crippen LogP contribution in [0.3, 0.4) is 0 Å². The third kappa shape index (κ3) is 3.62. The van der Waals surface area contributed by atoms with Gasteiger partial charge in [-0.05, 0) is 29.7 Å². The number of rotatable bonds is 2. The Hall–Kier alpha value is -2.61. The number of carbonyl (C=O) groups is 1. The first kappa shape index (κ1) is 17.8. The zero-order chi connectivity index (χ0) is 19.0. The summed E-state index contributed by atoms with van der Waals surface area (Å²) in [6.07, 6.45) is -3.54. The van der Waals surface area contributed by atoms with Gasteiger partial charge < -0.3 is 9.80 Å². The van der Waals surface area contributed by atoms with Crippen molar-refractivity contribution in [3.8, 4) is 0 Å². The standard InChI is InChI=1S/C19H16F3N3OS/c20-19(21,22)14-5-6-17(23-12-14)24-7-9-25(10-8-24)18(26)16-11-13-3-1-2-4-15(13)27-16/h1-6,11-12H,7-10H2. The Morgan fingerprint density at radius 2 is 1.78 bits per heavy atom. The van der Waals surface area contributed by atoms with E-state index in [0.29, 0.717) is 36.9 Å². The molecule has 0 atom stereocenters. The smallest absolute Gasteiger partial charge is 0.353 e. The van der Waals surface area contributed by atoms with Gasteiger partial charge in [0.1, 0.15) is 5.82 Å². The minimum atomic E-state index is -4.39. The van der Waals surface area contributed by atoms with Crippen LogP contribution < -0.4 is 4.90 Å². The van der Waals surface area contributed by atoms with Gasteiger partial charge in [0, 0.05) is 37.1 Å². The second-order valence-corrected chi connectivity index (χ2v) is 7.41. The van der Waals surface area contributed by atoms with Crippen molar-refractivity contribution in [2.45, 2.75) is 6.18 Å². The van der Waals surface area contributed by atoms with Gasteiger partial charge in [-0.2, -0.15) is 13.2 Å². The first-order valence-electron chi connectivity index (χ1n) is 8.48. The molecule has 140 valence electrons. The van der Waals surface area contributed by atoms with Crippen LogP contribution in [0.15, 0.2) is 48.7 Å². The summed E-state index contributed by atoms with van der Waals surface area (Å²) in [5, 5.41) is 1.05. The van der Waals surface area contributed by atoms with Gasteiger partial charge in [0.05, 0.1) is 10.4 Å². The Morgan fingerprint density at radius 3 is 2.41 bits per heavy atom. The van der Waals surface area contributed by atoms with Crippen molar-refractivity contribution in [2.75, 3.05) is 31.1 Å². The quantitative estimate of drug-likeness (QED) is 0.654. The SMILES string of the molecule is O=C(c1cc2ccccc2s1)N1CCN(c2ccc(C(F)(F)F)cn2)CC1. The lowest BCUT2D eigenvalue weighted by Gasteiger charge is -2.35. The van der Waals surface area contributed by atoms with Gasteiger partial charge in [-0.1, -0.05) is 18.2 Å². The number of thiophene rings is 1. The van der Waals surface area contributed by atoms with Crippen LogP contribution in [0.2, 0.25) is 0 Å². The number of piperazine rings is 1. The molecular formula is C19H16F3N3OS. The van der Waals surface area contributed by atoms with Gasteiger partial charge in [0.25, 0.3) is 5.91 Å². The number of halogens is 3.